The third kappa shape index (κ3) is 5.09. The number of carbonyl (C=O) groups excluding carboxylic acids is 3. The van der Waals surface area contributed by atoms with Crippen LogP contribution < -0.4 is 20.7 Å². The van der Waals surface area contributed by atoms with Crippen LogP contribution in [0.3, 0.4) is 0 Å². The van der Waals surface area contributed by atoms with Crippen molar-refractivity contribution in [1.29, 1.82) is 0 Å². The van der Waals surface area contributed by atoms with Crippen molar-refractivity contribution >= 4 is 29.1 Å². The van der Waals surface area contributed by atoms with Crippen molar-refractivity contribution in [2.24, 2.45) is 5.92 Å². The Kier molecular flexibility index (Phi) is 6.32. The molecule has 3 amide bonds. The third-order valence-electron chi connectivity index (χ3n) is 6.34. The molecule has 35 heavy (non-hydrogen) atoms. The highest BCUT2D eigenvalue weighted by molar-refractivity contribution is 5.98. The summed E-state index contributed by atoms with van der Waals surface area (Å²) in [7, 11) is 2.10. The molecule has 0 bridgehead atoms. The number of benzene rings is 1. The zero-order chi connectivity index (χ0) is 24.4. The minimum Gasteiger partial charge on any atom is -0.482 e. The number of fused-ring (bicyclic) bond motifs is 2. The summed E-state index contributed by atoms with van der Waals surface area (Å²) >= 11 is 0. The number of aromatic nitrogens is 3. The molecule has 1 fully saturated rings. The molecule has 3 aromatic rings. The van der Waals surface area contributed by atoms with Gasteiger partial charge in [0.2, 0.25) is 0 Å². The number of rotatable bonds is 6. The van der Waals surface area contributed by atoms with Gasteiger partial charge in [-0.2, -0.15) is 5.10 Å². The van der Waals surface area contributed by atoms with Crippen LogP contribution >= 0.6 is 0 Å². The molecule has 0 atom stereocenters. The lowest BCUT2D eigenvalue weighted by atomic mass is 9.97. The Balaban J connectivity index is 1.27. The first-order chi connectivity index (χ1) is 17.0. The van der Waals surface area contributed by atoms with Crippen LogP contribution in [0.5, 0.6) is 5.75 Å². The summed E-state index contributed by atoms with van der Waals surface area (Å²) in [6, 6.07) is 8.42. The molecule has 2 aromatic heterocycles. The quantitative estimate of drug-likeness (QED) is 0.484. The molecule has 2 aliphatic rings. The van der Waals surface area contributed by atoms with E-state index < -0.39 is 5.91 Å². The van der Waals surface area contributed by atoms with Gasteiger partial charge in [0.1, 0.15) is 17.1 Å². The average Bonchev–Trinajstić information content (AvgIpc) is 3.34. The molecule has 11 nitrogen and oxygen atoms in total. The molecule has 11 heteroatoms. The maximum absolute atomic E-state index is 13.0. The lowest BCUT2D eigenvalue weighted by Crippen LogP contribution is -2.37. The fraction of sp³-hybridized carbons (Fsp3) is 0.375. The van der Waals surface area contributed by atoms with E-state index in [1.807, 2.05) is 6.07 Å². The van der Waals surface area contributed by atoms with Crippen LogP contribution in [-0.4, -0.2) is 70.5 Å². The third-order valence-corrected chi connectivity index (χ3v) is 6.34. The largest absolute Gasteiger partial charge is 0.482 e. The second-order valence-electron chi connectivity index (χ2n) is 8.93. The summed E-state index contributed by atoms with van der Waals surface area (Å²) in [5.74, 6) is 0.0808. The molecule has 0 spiro atoms. The van der Waals surface area contributed by atoms with Crippen LogP contribution in [0.25, 0.3) is 5.65 Å². The summed E-state index contributed by atoms with van der Waals surface area (Å²) in [6.45, 7) is 2.82. The van der Waals surface area contributed by atoms with Crippen LogP contribution in [0.4, 0.5) is 5.69 Å². The first-order valence-corrected chi connectivity index (χ1v) is 11.6. The summed E-state index contributed by atoms with van der Waals surface area (Å²) in [4.78, 5) is 44.1. The Hall–Kier alpha value is -3.99. The van der Waals surface area contributed by atoms with Gasteiger partial charge in [-0.1, -0.05) is 6.07 Å². The van der Waals surface area contributed by atoms with Gasteiger partial charge in [-0.15, -0.1) is 0 Å². The van der Waals surface area contributed by atoms with E-state index in [1.54, 1.807) is 24.4 Å². The number of likely N-dealkylation sites (tertiary alicyclic amines) is 1. The summed E-state index contributed by atoms with van der Waals surface area (Å²) in [5, 5.41) is 12.8. The van der Waals surface area contributed by atoms with Gasteiger partial charge < -0.3 is 25.6 Å². The topological polar surface area (TPSA) is 130 Å². The number of nitrogens with one attached hydrogen (secondary N) is 3. The van der Waals surface area contributed by atoms with Crippen LogP contribution in [0.15, 0.2) is 36.5 Å². The molecule has 2 aliphatic heterocycles. The van der Waals surface area contributed by atoms with E-state index in [0.717, 1.165) is 31.5 Å². The van der Waals surface area contributed by atoms with E-state index in [-0.39, 0.29) is 36.4 Å². The molecular formula is C24H27N7O4. The Morgan fingerprint density at radius 2 is 1.97 bits per heavy atom. The van der Waals surface area contributed by atoms with Crippen molar-refractivity contribution in [2.75, 3.05) is 38.6 Å². The molecule has 1 aromatic carbocycles. The molecule has 0 aliphatic carbocycles. The van der Waals surface area contributed by atoms with Crippen molar-refractivity contribution in [3.05, 3.63) is 53.5 Å². The highest BCUT2D eigenvalue weighted by Crippen LogP contribution is 2.28. The molecule has 0 radical (unpaired) electrons. The summed E-state index contributed by atoms with van der Waals surface area (Å²) < 4.78 is 6.80. The van der Waals surface area contributed by atoms with Gasteiger partial charge in [-0.25, -0.2) is 9.50 Å². The maximum atomic E-state index is 13.0. The monoisotopic (exact) mass is 477 g/mol. The number of anilines is 1. The lowest BCUT2D eigenvalue weighted by Gasteiger charge is -2.28. The van der Waals surface area contributed by atoms with Gasteiger partial charge in [0, 0.05) is 25.2 Å². The average molecular weight is 478 g/mol. The summed E-state index contributed by atoms with van der Waals surface area (Å²) in [6.07, 6.45) is 3.62. The fourth-order valence-electron chi connectivity index (χ4n) is 4.30. The highest BCUT2D eigenvalue weighted by Gasteiger charge is 2.21. The Morgan fingerprint density at radius 1 is 1.14 bits per heavy atom. The van der Waals surface area contributed by atoms with E-state index in [4.69, 9.17) is 4.74 Å². The zero-order valence-electron chi connectivity index (χ0n) is 19.4. The van der Waals surface area contributed by atoms with Crippen LogP contribution in [-0.2, 0) is 11.3 Å². The Bertz CT molecular complexity index is 1280. The molecule has 4 heterocycles. The van der Waals surface area contributed by atoms with E-state index in [1.165, 1.54) is 10.6 Å². The molecule has 1 saturated heterocycles. The van der Waals surface area contributed by atoms with Gasteiger partial charge in [0.05, 0.1) is 11.9 Å². The van der Waals surface area contributed by atoms with Gasteiger partial charge in [0.15, 0.2) is 12.3 Å². The zero-order valence-corrected chi connectivity index (χ0v) is 19.4. The molecule has 5 rings (SSSR count). The second-order valence-corrected chi connectivity index (χ2v) is 8.93. The van der Waals surface area contributed by atoms with Crippen LogP contribution in [0.1, 0.15) is 39.4 Å². The van der Waals surface area contributed by atoms with E-state index >= 15 is 0 Å². The number of nitrogens with zero attached hydrogens (tertiary/aromatic N) is 4. The smallest absolute Gasteiger partial charge is 0.270 e. The standard InChI is InChI=1S/C24H27N7O4/c1-30-8-5-15(6-9-30)12-26-24(34)19-11-18(28-21-4-7-27-31(19)21)23(33)25-13-16-2-3-20-17(10-16)29-22(32)14-35-20/h2-4,7,10-11,15H,5-6,8-9,12-14H2,1H3,(H,25,33)(H,26,34)(H,29,32). The molecule has 0 saturated carbocycles. The Morgan fingerprint density at radius 3 is 2.80 bits per heavy atom. The van der Waals surface area contributed by atoms with Gasteiger partial charge in [-0.05, 0) is 56.6 Å². The number of hydrogen-bond acceptors (Lipinski definition) is 7. The predicted octanol–water partition coefficient (Wildman–Crippen LogP) is 1.06. The predicted molar refractivity (Wildman–Crippen MR) is 127 cm³/mol. The van der Waals surface area contributed by atoms with Crippen molar-refractivity contribution in [2.45, 2.75) is 19.4 Å². The molecule has 182 valence electrons. The van der Waals surface area contributed by atoms with Crippen molar-refractivity contribution in [3.8, 4) is 5.75 Å². The summed E-state index contributed by atoms with van der Waals surface area (Å²) in [5.41, 5.74) is 2.14. The fourth-order valence-corrected chi connectivity index (χ4v) is 4.30. The second kappa shape index (κ2) is 9.71. The van der Waals surface area contributed by atoms with Crippen molar-refractivity contribution in [3.63, 3.8) is 0 Å². The van der Waals surface area contributed by atoms with Crippen molar-refractivity contribution < 1.29 is 19.1 Å². The number of hydrogen-bond donors (Lipinski definition) is 3. The molecule has 0 unspecified atom stereocenters. The minimum absolute atomic E-state index is 0.0142. The number of ether oxygens (including phenoxy) is 1. The van der Waals surface area contributed by atoms with Gasteiger partial charge in [0.25, 0.3) is 17.7 Å². The maximum Gasteiger partial charge on any atom is 0.270 e. The SMILES string of the molecule is CN1CCC(CNC(=O)c2cc(C(=O)NCc3ccc4c(c3)NC(=O)CO4)nc3ccnn23)CC1. The van der Waals surface area contributed by atoms with Gasteiger partial charge >= 0.3 is 0 Å². The van der Waals surface area contributed by atoms with Gasteiger partial charge in [-0.3, -0.25) is 14.4 Å². The van der Waals surface area contributed by atoms with E-state index in [9.17, 15) is 14.4 Å². The normalized spacial score (nSPS) is 16.3. The first-order valence-electron chi connectivity index (χ1n) is 11.6. The number of amides is 3. The first kappa shape index (κ1) is 22.8. The number of piperidine rings is 1. The van der Waals surface area contributed by atoms with Crippen LogP contribution in [0.2, 0.25) is 0 Å². The van der Waals surface area contributed by atoms with E-state index in [2.05, 4.69) is 38.0 Å². The molecular weight excluding hydrogens is 450 g/mol. The lowest BCUT2D eigenvalue weighted by molar-refractivity contribution is -0.118. The highest BCUT2D eigenvalue weighted by atomic mass is 16.5. The van der Waals surface area contributed by atoms with E-state index in [0.29, 0.717) is 29.5 Å². The Labute approximate surface area is 201 Å². The minimum atomic E-state index is -0.420. The molecule has 3 N–H and O–H groups in total. The van der Waals surface area contributed by atoms with Crippen molar-refractivity contribution in [1.82, 2.24) is 30.1 Å². The van der Waals surface area contributed by atoms with Crippen LogP contribution in [0, 0.1) is 5.92 Å². The number of carbonyl (C=O) groups is 3.